The van der Waals surface area contributed by atoms with Gasteiger partial charge in [0.2, 0.25) is 17.5 Å². The van der Waals surface area contributed by atoms with E-state index in [1.165, 1.54) is 7.11 Å². The number of hydrogen-bond donors (Lipinski definition) is 1. The maximum atomic E-state index is 13.0. The molecule has 122 valence electrons. The van der Waals surface area contributed by atoms with Gasteiger partial charge in [-0.25, -0.2) is 0 Å². The number of ketones is 2. The van der Waals surface area contributed by atoms with Gasteiger partial charge in [0.1, 0.15) is 11.2 Å². The summed E-state index contributed by atoms with van der Waals surface area (Å²) in [6.45, 7) is 3.64. The first-order valence-electron chi connectivity index (χ1n) is 7.49. The van der Waals surface area contributed by atoms with Crippen molar-refractivity contribution in [2.45, 2.75) is 26.7 Å². The van der Waals surface area contributed by atoms with Crippen molar-refractivity contribution < 1.29 is 19.1 Å². The summed E-state index contributed by atoms with van der Waals surface area (Å²) in [4.78, 5) is 37.6. The molecule has 0 spiro atoms. The highest BCUT2D eigenvalue weighted by atomic mass is 35.5. The molecule has 2 saturated carbocycles. The van der Waals surface area contributed by atoms with Crippen LogP contribution in [-0.4, -0.2) is 24.6 Å². The molecule has 1 amide bonds. The fourth-order valence-corrected chi connectivity index (χ4v) is 4.26. The van der Waals surface area contributed by atoms with E-state index < -0.39 is 28.3 Å². The zero-order valence-electron chi connectivity index (χ0n) is 13.2. The van der Waals surface area contributed by atoms with Crippen molar-refractivity contribution in [2.24, 2.45) is 16.7 Å². The summed E-state index contributed by atoms with van der Waals surface area (Å²) in [7, 11) is 1.48. The van der Waals surface area contributed by atoms with Crippen LogP contribution >= 0.6 is 11.6 Å². The van der Waals surface area contributed by atoms with Gasteiger partial charge in [-0.15, -0.1) is 0 Å². The van der Waals surface area contributed by atoms with Crippen molar-refractivity contribution in [3.05, 3.63) is 23.2 Å². The Morgan fingerprint density at radius 1 is 1.35 bits per heavy atom. The fourth-order valence-electron chi connectivity index (χ4n) is 4.09. The van der Waals surface area contributed by atoms with E-state index in [1.807, 2.05) is 13.8 Å². The second-order valence-electron chi connectivity index (χ2n) is 6.71. The maximum Gasteiger partial charge on any atom is 0.239 e. The number of carbonyl (C=O) groups is 3. The number of fused-ring (bicyclic) bond motifs is 2. The van der Waals surface area contributed by atoms with E-state index in [0.717, 1.165) is 0 Å². The number of halogens is 1. The molecule has 1 aromatic rings. The fraction of sp³-hybridized carbons (Fsp3) is 0.471. The quantitative estimate of drug-likeness (QED) is 0.681. The molecule has 5 nitrogen and oxygen atoms in total. The molecule has 2 aliphatic rings. The lowest BCUT2D eigenvalue weighted by atomic mass is 9.68. The third-order valence-corrected chi connectivity index (χ3v) is 5.74. The Balaban J connectivity index is 2.00. The van der Waals surface area contributed by atoms with Gasteiger partial charge in [0.05, 0.1) is 12.8 Å². The van der Waals surface area contributed by atoms with Gasteiger partial charge >= 0.3 is 0 Å². The van der Waals surface area contributed by atoms with Crippen LogP contribution in [0.25, 0.3) is 0 Å². The lowest BCUT2D eigenvalue weighted by Crippen LogP contribution is -2.47. The van der Waals surface area contributed by atoms with Gasteiger partial charge in [0, 0.05) is 10.9 Å². The molecule has 2 bridgehead atoms. The van der Waals surface area contributed by atoms with Gasteiger partial charge in [0.25, 0.3) is 0 Å². The minimum absolute atomic E-state index is 0.373. The third kappa shape index (κ3) is 1.96. The van der Waals surface area contributed by atoms with Crippen LogP contribution in [0.5, 0.6) is 5.75 Å². The average Bonchev–Trinajstić information content (AvgIpc) is 2.84. The summed E-state index contributed by atoms with van der Waals surface area (Å²) in [5, 5.41) is 3.19. The molecule has 0 aliphatic heterocycles. The van der Waals surface area contributed by atoms with Crippen molar-refractivity contribution in [3.8, 4) is 5.75 Å². The maximum absolute atomic E-state index is 13.0. The van der Waals surface area contributed by atoms with Gasteiger partial charge in [0.15, 0.2) is 0 Å². The lowest BCUT2D eigenvalue weighted by Gasteiger charge is -2.34. The van der Waals surface area contributed by atoms with Crippen LogP contribution in [0, 0.1) is 16.7 Å². The number of Topliss-reactive ketones (excluding diaryl/α,β-unsaturated/α-hetero) is 2. The minimum atomic E-state index is -1.30. The first-order valence-corrected chi connectivity index (χ1v) is 7.87. The largest absolute Gasteiger partial charge is 0.495 e. The van der Waals surface area contributed by atoms with E-state index in [1.54, 1.807) is 18.2 Å². The van der Waals surface area contributed by atoms with Crippen molar-refractivity contribution >= 4 is 34.8 Å². The van der Waals surface area contributed by atoms with E-state index in [4.69, 9.17) is 16.3 Å². The van der Waals surface area contributed by atoms with E-state index >= 15 is 0 Å². The Morgan fingerprint density at radius 2 is 2.04 bits per heavy atom. The molecule has 2 atom stereocenters. The number of benzene rings is 1. The highest BCUT2D eigenvalue weighted by Crippen LogP contribution is 2.62. The monoisotopic (exact) mass is 335 g/mol. The van der Waals surface area contributed by atoms with Crippen molar-refractivity contribution in [3.63, 3.8) is 0 Å². The standard InChI is InChI=1S/C17H18ClNO4/c1-16(2)10-6-7-17(16,14(21)13(10)20)15(22)19-11-8-9(18)4-5-12(11)23-3/h4-5,8,10H,6-7H2,1-3H3,(H,19,22). The first-order chi connectivity index (χ1) is 10.8. The molecule has 0 heterocycles. The predicted molar refractivity (Wildman–Crippen MR) is 85.6 cm³/mol. The number of nitrogens with one attached hydrogen (secondary N) is 1. The van der Waals surface area contributed by atoms with Crippen LogP contribution in [0.15, 0.2) is 18.2 Å². The summed E-state index contributed by atoms with van der Waals surface area (Å²) >= 11 is 5.97. The molecule has 3 rings (SSSR count). The summed E-state index contributed by atoms with van der Waals surface area (Å²) in [5.41, 5.74) is -1.59. The topological polar surface area (TPSA) is 72.5 Å². The molecular formula is C17H18ClNO4. The molecule has 1 N–H and O–H groups in total. The lowest BCUT2D eigenvalue weighted by molar-refractivity contribution is -0.147. The summed E-state index contributed by atoms with van der Waals surface area (Å²) < 4.78 is 5.22. The molecule has 2 fully saturated rings. The van der Waals surface area contributed by atoms with Crippen molar-refractivity contribution in [2.75, 3.05) is 12.4 Å². The SMILES string of the molecule is COc1ccc(Cl)cc1NC(=O)C12CCC(C(=O)C1=O)C2(C)C. The second kappa shape index (κ2) is 5.06. The number of amides is 1. The molecule has 0 radical (unpaired) electrons. The van der Waals surface area contributed by atoms with Crippen molar-refractivity contribution in [1.29, 1.82) is 0 Å². The third-order valence-electron chi connectivity index (χ3n) is 5.50. The molecule has 1 aromatic carbocycles. The van der Waals surface area contributed by atoms with Crippen LogP contribution in [-0.2, 0) is 14.4 Å². The summed E-state index contributed by atoms with van der Waals surface area (Å²) in [5.74, 6) is -1.38. The number of carbonyl (C=O) groups excluding carboxylic acids is 3. The van der Waals surface area contributed by atoms with Gasteiger partial charge < -0.3 is 10.1 Å². The highest BCUT2D eigenvalue weighted by Gasteiger charge is 2.72. The number of rotatable bonds is 3. The highest BCUT2D eigenvalue weighted by molar-refractivity contribution is 6.48. The van der Waals surface area contributed by atoms with Gasteiger partial charge in [-0.2, -0.15) is 0 Å². The molecule has 0 saturated heterocycles. The number of ether oxygens (including phenoxy) is 1. The Morgan fingerprint density at radius 3 is 2.61 bits per heavy atom. The normalized spacial score (nSPS) is 28.1. The molecule has 2 unspecified atom stereocenters. The van der Waals surface area contributed by atoms with E-state index in [-0.39, 0.29) is 5.92 Å². The Labute approximate surface area is 139 Å². The predicted octanol–water partition coefficient (Wildman–Crippen LogP) is 2.86. The van der Waals surface area contributed by atoms with Crippen LogP contribution in [0.3, 0.4) is 0 Å². The van der Waals surface area contributed by atoms with Crippen molar-refractivity contribution in [1.82, 2.24) is 0 Å². The summed E-state index contributed by atoms with van der Waals surface area (Å²) in [6, 6.07) is 4.85. The van der Waals surface area contributed by atoms with Crippen LogP contribution in [0.2, 0.25) is 5.02 Å². The van der Waals surface area contributed by atoms with Gasteiger partial charge in [-0.1, -0.05) is 25.4 Å². The minimum Gasteiger partial charge on any atom is -0.495 e. The average molecular weight is 336 g/mol. The Bertz CT molecular complexity index is 727. The van der Waals surface area contributed by atoms with Gasteiger partial charge in [-0.05, 0) is 36.5 Å². The van der Waals surface area contributed by atoms with Crippen LogP contribution < -0.4 is 10.1 Å². The Hall–Kier alpha value is -1.88. The molecule has 6 heteroatoms. The second-order valence-corrected chi connectivity index (χ2v) is 7.15. The zero-order chi connectivity index (χ0) is 17.0. The Kier molecular flexibility index (Phi) is 3.52. The summed E-state index contributed by atoms with van der Waals surface area (Å²) in [6.07, 6.45) is 0.960. The molecule has 2 aliphatic carbocycles. The number of hydrogen-bond acceptors (Lipinski definition) is 4. The van der Waals surface area contributed by atoms with E-state index in [0.29, 0.717) is 29.3 Å². The molecular weight excluding hydrogens is 318 g/mol. The molecule has 23 heavy (non-hydrogen) atoms. The zero-order valence-corrected chi connectivity index (χ0v) is 14.0. The van der Waals surface area contributed by atoms with Gasteiger partial charge in [-0.3, -0.25) is 14.4 Å². The van der Waals surface area contributed by atoms with Crippen LogP contribution in [0.1, 0.15) is 26.7 Å². The van der Waals surface area contributed by atoms with E-state index in [9.17, 15) is 14.4 Å². The van der Waals surface area contributed by atoms with E-state index in [2.05, 4.69) is 5.32 Å². The first kappa shape index (κ1) is 16.0. The number of anilines is 1. The molecule has 0 aromatic heterocycles. The van der Waals surface area contributed by atoms with Crippen LogP contribution in [0.4, 0.5) is 5.69 Å². The number of methoxy groups -OCH3 is 1. The smallest absolute Gasteiger partial charge is 0.239 e.